The number of rotatable bonds is 13. The van der Waals surface area contributed by atoms with Gasteiger partial charge in [0.25, 0.3) is 0 Å². The Balaban J connectivity index is 1.74. The van der Waals surface area contributed by atoms with E-state index >= 15 is 0 Å². The molecule has 1 N–H and O–H groups in total. The SMILES string of the molecule is C=CCCC(C)(C)COC(=O)C[C@@H](CNC(=O)OC(C)(C)C)C(=O)N1C[C@H](OC(=O)N2Cc3cccc(C=C)c3C2)C[C@H]1C(=O)OC. The number of benzene rings is 1. The maximum Gasteiger partial charge on any atom is 0.410 e. The van der Waals surface area contributed by atoms with Gasteiger partial charge in [-0.05, 0) is 55.7 Å². The molecule has 1 fully saturated rings. The van der Waals surface area contributed by atoms with Crippen LogP contribution in [0.15, 0.2) is 37.4 Å². The number of carbonyl (C=O) groups excluding carboxylic acids is 5. The van der Waals surface area contributed by atoms with Crippen LogP contribution >= 0.6 is 0 Å². The number of alkyl carbamates (subject to hydrolysis) is 1. The van der Waals surface area contributed by atoms with Crippen LogP contribution in [-0.4, -0.2) is 84.4 Å². The Bertz CT molecular complexity index is 1350. The number of fused-ring (bicyclic) bond motifs is 1. The predicted molar refractivity (Wildman–Crippen MR) is 175 cm³/mol. The number of nitrogens with zero attached hydrogens (tertiary/aromatic N) is 2. The van der Waals surface area contributed by atoms with E-state index in [-0.39, 0.29) is 38.0 Å². The first-order chi connectivity index (χ1) is 22.1. The van der Waals surface area contributed by atoms with Crippen molar-refractivity contribution in [3.05, 3.63) is 54.1 Å². The van der Waals surface area contributed by atoms with Crippen molar-refractivity contribution in [1.29, 1.82) is 0 Å². The van der Waals surface area contributed by atoms with Gasteiger partial charge in [0.05, 0.1) is 39.1 Å². The summed E-state index contributed by atoms with van der Waals surface area (Å²) in [6.45, 7) is 17.1. The Kier molecular flexibility index (Phi) is 12.6. The van der Waals surface area contributed by atoms with Crippen molar-refractivity contribution in [1.82, 2.24) is 15.1 Å². The molecule has 3 atom stereocenters. The molecule has 12 heteroatoms. The average Bonchev–Trinajstić information content (AvgIpc) is 3.64. The van der Waals surface area contributed by atoms with Crippen LogP contribution in [0, 0.1) is 11.3 Å². The van der Waals surface area contributed by atoms with Crippen LogP contribution in [0.5, 0.6) is 0 Å². The quantitative estimate of drug-likeness (QED) is 0.177. The molecule has 0 aliphatic carbocycles. The molecule has 0 bridgehead atoms. The highest BCUT2D eigenvalue weighted by Crippen LogP contribution is 2.30. The monoisotopic (exact) mass is 655 g/mol. The second-order valence-electron chi connectivity index (χ2n) is 13.8. The summed E-state index contributed by atoms with van der Waals surface area (Å²) >= 11 is 0. The standard InChI is InChI=1S/C35H49N3O9/c1-9-11-15-35(6,7)22-45-29(39)16-25(18-36-32(42)47-34(3,4)5)30(40)38-20-26(17-28(38)31(41)44-8)46-33(43)37-19-24-14-12-13-23(10-2)27(24)21-37/h9-10,12-14,25-26,28H,1-2,11,15-22H2,3-8H3,(H,36,42)/t25-,26+,28-/m0/s1. The highest BCUT2D eigenvalue weighted by Gasteiger charge is 2.45. The lowest BCUT2D eigenvalue weighted by Gasteiger charge is -2.28. The summed E-state index contributed by atoms with van der Waals surface area (Å²) < 4.78 is 21.6. The predicted octanol–water partition coefficient (Wildman–Crippen LogP) is 4.99. The number of hydrogen-bond acceptors (Lipinski definition) is 9. The zero-order valence-electron chi connectivity index (χ0n) is 28.5. The molecule has 2 heterocycles. The molecule has 0 spiro atoms. The number of amides is 3. The number of esters is 2. The largest absolute Gasteiger partial charge is 0.467 e. The summed E-state index contributed by atoms with van der Waals surface area (Å²) in [6.07, 6.45) is 2.53. The second kappa shape index (κ2) is 16.0. The molecule has 1 saturated heterocycles. The topological polar surface area (TPSA) is 141 Å². The van der Waals surface area contributed by atoms with Crippen molar-refractivity contribution >= 4 is 36.1 Å². The Morgan fingerprint density at radius 2 is 1.81 bits per heavy atom. The highest BCUT2D eigenvalue weighted by atomic mass is 16.6. The molecule has 3 rings (SSSR count). The van der Waals surface area contributed by atoms with E-state index in [1.807, 2.05) is 32.0 Å². The highest BCUT2D eigenvalue weighted by molar-refractivity contribution is 5.89. The Morgan fingerprint density at radius 3 is 2.45 bits per heavy atom. The maximum atomic E-state index is 14.0. The smallest absolute Gasteiger partial charge is 0.410 e. The van der Waals surface area contributed by atoms with Gasteiger partial charge in [0.2, 0.25) is 5.91 Å². The molecule has 1 aromatic rings. The van der Waals surface area contributed by atoms with Crippen LogP contribution in [0.2, 0.25) is 0 Å². The summed E-state index contributed by atoms with van der Waals surface area (Å²) in [4.78, 5) is 68.3. The van der Waals surface area contributed by atoms with Gasteiger partial charge in [-0.2, -0.15) is 0 Å². The van der Waals surface area contributed by atoms with Crippen molar-refractivity contribution < 1.29 is 42.9 Å². The van der Waals surface area contributed by atoms with Crippen LogP contribution in [0.3, 0.4) is 0 Å². The summed E-state index contributed by atoms with van der Waals surface area (Å²) in [5, 5.41) is 2.56. The van der Waals surface area contributed by atoms with Gasteiger partial charge in [-0.25, -0.2) is 14.4 Å². The van der Waals surface area contributed by atoms with E-state index < -0.39 is 53.7 Å². The lowest BCUT2D eigenvalue weighted by Crippen LogP contribution is -2.48. The number of allylic oxidation sites excluding steroid dienone is 1. The van der Waals surface area contributed by atoms with Gasteiger partial charge in [0.15, 0.2) is 0 Å². The lowest BCUT2D eigenvalue weighted by molar-refractivity contribution is -0.155. The molecule has 2 aliphatic heterocycles. The fraction of sp³-hybridized carbons (Fsp3) is 0.571. The molecule has 1 aromatic carbocycles. The molecule has 0 aromatic heterocycles. The van der Waals surface area contributed by atoms with E-state index in [9.17, 15) is 24.0 Å². The van der Waals surface area contributed by atoms with Crippen LogP contribution in [0.1, 0.15) is 77.0 Å². The van der Waals surface area contributed by atoms with Crippen LogP contribution < -0.4 is 5.32 Å². The zero-order chi connectivity index (χ0) is 34.9. The van der Waals surface area contributed by atoms with E-state index in [1.165, 1.54) is 12.0 Å². The van der Waals surface area contributed by atoms with E-state index in [0.29, 0.717) is 13.1 Å². The Hall–Kier alpha value is -4.35. The molecule has 0 saturated carbocycles. The minimum atomic E-state index is -1.10. The first-order valence-corrected chi connectivity index (χ1v) is 15.9. The molecule has 3 amide bonds. The van der Waals surface area contributed by atoms with Crippen LogP contribution in [0.4, 0.5) is 9.59 Å². The minimum absolute atomic E-state index is 0.0109. The molecule has 0 radical (unpaired) electrons. The Morgan fingerprint density at radius 1 is 1.09 bits per heavy atom. The lowest BCUT2D eigenvalue weighted by atomic mass is 9.89. The van der Waals surface area contributed by atoms with Crippen LogP contribution in [0.25, 0.3) is 6.08 Å². The van der Waals surface area contributed by atoms with Crippen molar-refractivity contribution in [2.45, 2.75) is 91.1 Å². The van der Waals surface area contributed by atoms with E-state index in [4.69, 9.17) is 18.9 Å². The normalized spacial score (nSPS) is 18.1. The molecular weight excluding hydrogens is 606 g/mol. The third kappa shape index (κ3) is 10.6. The summed E-state index contributed by atoms with van der Waals surface area (Å²) in [5.41, 5.74) is 1.82. The summed E-state index contributed by atoms with van der Waals surface area (Å²) in [6, 6.07) is 4.71. The van der Waals surface area contributed by atoms with Gasteiger partial charge in [-0.3, -0.25) is 14.5 Å². The Labute approximate surface area is 277 Å². The van der Waals surface area contributed by atoms with Crippen molar-refractivity contribution in [3.8, 4) is 0 Å². The molecule has 47 heavy (non-hydrogen) atoms. The molecule has 0 unspecified atom stereocenters. The second-order valence-corrected chi connectivity index (χ2v) is 13.8. The third-order valence-corrected chi connectivity index (χ3v) is 8.09. The minimum Gasteiger partial charge on any atom is -0.467 e. The van der Waals surface area contributed by atoms with Gasteiger partial charge < -0.3 is 29.2 Å². The van der Waals surface area contributed by atoms with Crippen molar-refractivity contribution in [3.63, 3.8) is 0 Å². The fourth-order valence-corrected chi connectivity index (χ4v) is 5.57. The maximum absolute atomic E-state index is 14.0. The number of methoxy groups -OCH3 is 1. The molecule has 2 aliphatic rings. The van der Waals surface area contributed by atoms with Gasteiger partial charge in [-0.1, -0.05) is 50.8 Å². The third-order valence-electron chi connectivity index (χ3n) is 8.09. The average molecular weight is 656 g/mol. The van der Waals surface area contributed by atoms with Crippen molar-refractivity contribution in [2.24, 2.45) is 11.3 Å². The number of likely N-dealkylation sites (tertiary alicyclic amines) is 1. The number of carbonyl (C=O) groups is 5. The van der Waals surface area contributed by atoms with Crippen LogP contribution in [-0.2, 0) is 46.4 Å². The number of ether oxygens (including phenoxy) is 4. The number of nitrogens with one attached hydrogen (secondary N) is 1. The first-order valence-electron chi connectivity index (χ1n) is 15.9. The first kappa shape index (κ1) is 37.1. The van der Waals surface area contributed by atoms with Gasteiger partial charge in [0, 0.05) is 19.5 Å². The summed E-state index contributed by atoms with van der Waals surface area (Å²) in [7, 11) is 1.20. The molecule has 258 valence electrons. The van der Waals surface area contributed by atoms with E-state index in [1.54, 1.807) is 37.8 Å². The van der Waals surface area contributed by atoms with Crippen molar-refractivity contribution in [2.75, 3.05) is 26.8 Å². The molecular formula is C35H49N3O9. The van der Waals surface area contributed by atoms with Gasteiger partial charge >= 0.3 is 24.1 Å². The van der Waals surface area contributed by atoms with E-state index in [0.717, 1.165) is 29.5 Å². The van der Waals surface area contributed by atoms with E-state index in [2.05, 4.69) is 18.5 Å². The zero-order valence-corrected chi connectivity index (χ0v) is 28.5. The summed E-state index contributed by atoms with van der Waals surface area (Å²) in [5.74, 6) is -3.02. The number of hydrogen-bond donors (Lipinski definition) is 1. The van der Waals surface area contributed by atoms with Gasteiger partial charge in [-0.15, -0.1) is 6.58 Å². The van der Waals surface area contributed by atoms with Gasteiger partial charge in [0.1, 0.15) is 17.7 Å². The fourth-order valence-electron chi connectivity index (χ4n) is 5.57. The molecule has 12 nitrogen and oxygen atoms in total.